The third-order valence-electron chi connectivity index (χ3n) is 3.12. The molecule has 106 valence electrons. The minimum absolute atomic E-state index is 0.0948. The Kier molecular flexibility index (Phi) is 3.90. The van der Waals surface area contributed by atoms with Crippen molar-refractivity contribution in [3.8, 4) is 11.3 Å². The van der Waals surface area contributed by atoms with E-state index in [-0.39, 0.29) is 11.3 Å². The number of methoxy groups -OCH3 is 1. The molecule has 1 aromatic heterocycles. The molecule has 0 aliphatic heterocycles. The summed E-state index contributed by atoms with van der Waals surface area (Å²) in [6.45, 7) is 4.02. The molecule has 0 saturated carbocycles. The number of hydrogen-bond donors (Lipinski definition) is 1. The normalized spacial score (nSPS) is 11.6. The summed E-state index contributed by atoms with van der Waals surface area (Å²) in [7, 11) is 1.68. The van der Waals surface area contributed by atoms with Crippen molar-refractivity contribution < 1.29 is 19.2 Å². The lowest BCUT2D eigenvalue weighted by atomic mass is 9.96. The van der Waals surface area contributed by atoms with Crippen LogP contribution in [-0.4, -0.2) is 28.9 Å². The molecule has 0 spiro atoms. The summed E-state index contributed by atoms with van der Waals surface area (Å²) < 4.78 is 10.5. The Bertz CT molecular complexity index is 616. The molecule has 0 bridgehead atoms. The zero-order valence-electron chi connectivity index (χ0n) is 11.7. The number of rotatable bonds is 5. The zero-order valence-corrected chi connectivity index (χ0v) is 11.7. The smallest absolute Gasteiger partial charge is 0.358 e. The minimum Gasteiger partial charge on any atom is -0.476 e. The molecule has 2 aromatic rings. The Morgan fingerprint density at radius 2 is 2.15 bits per heavy atom. The molecule has 1 aromatic carbocycles. The highest BCUT2D eigenvalue weighted by Gasteiger charge is 2.18. The van der Waals surface area contributed by atoms with E-state index in [1.54, 1.807) is 7.11 Å². The van der Waals surface area contributed by atoms with Gasteiger partial charge in [-0.1, -0.05) is 23.4 Å². The van der Waals surface area contributed by atoms with Crippen LogP contribution in [0.2, 0.25) is 0 Å². The number of carboxylic acids is 1. The maximum Gasteiger partial charge on any atom is 0.358 e. The third-order valence-corrected chi connectivity index (χ3v) is 3.12. The monoisotopic (exact) mass is 275 g/mol. The van der Waals surface area contributed by atoms with Crippen LogP contribution in [0.15, 0.2) is 34.9 Å². The first-order valence-electron chi connectivity index (χ1n) is 6.26. The summed E-state index contributed by atoms with van der Waals surface area (Å²) >= 11 is 0. The molecule has 1 N–H and O–H groups in total. The fraction of sp³-hybridized carbons (Fsp3) is 0.333. The molecular weight excluding hydrogens is 258 g/mol. The highest BCUT2D eigenvalue weighted by atomic mass is 16.5. The molecule has 0 saturated heterocycles. The SMILES string of the molecule is COC(C)(C)Cc1cccc(-c2cc(C(=O)O)no2)c1. The van der Waals surface area contributed by atoms with Crippen molar-refractivity contribution in [3.63, 3.8) is 0 Å². The summed E-state index contributed by atoms with van der Waals surface area (Å²) in [6.07, 6.45) is 0.747. The lowest BCUT2D eigenvalue weighted by Gasteiger charge is -2.22. The average Bonchev–Trinajstić information content (AvgIpc) is 2.88. The summed E-state index contributed by atoms with van der Waals surface area (Å²) in [5, 5.41) is 12.4. The number of benzene rings is 1. The lowest BCUT2D eigenvalue weighted by molar-refractivity contribution is 0.0232. The van der Waals surface area contributed by atoms with Crippen molar-refractivity contribution in [2.45, 2.75) is 25.9 Å². The van der Waals surface area contributed by atoms with Crippen LogP contribution >= 0.6 is 0 Å². The molecular formula is C15H17NO4. The second-order valence-electron chi connectivity index (χ2n) is 5.22. The van der Waals surface area contributed by atoms with Crippen LogP contribution in [0, 0.1) is 0 Å². The largest absolute Gasteiger partial charge is 0.476 e. The number of hydrogen-bond acceptors (Lipinski definition) is 4. The van der Waals surface area contributed by atoms with Crippen molar-refractivity contribution in [3.05, 3.63) is 41.6 Å². The molecule has 2 rings (SSSR count). The number of aromatic carboxylic acids is 1. The van der Waals surface area contributed by atoms with Gasteiger partial charge in [-0.05, 0) is 25.5 Å². The van der Waals surface area contributed by atoms with Crippen LogP contribution in [0.25, 0.3) is 11.3 Å². The van der Waals surface area contributed by atoms with Gasteiger partial charge in [0.25, 0.3) is 0 Å². The van der Waals surface area contributed by atoms with Crippen molar-refractivity contribution in [1.82, 2.24) is 5.16 Å². The fourth-order valence-electron chi connectivity index (χ4n) is 1.91. The molecule has 0 atom stereocenters. The number of carboxylic acid groups (broad SMARTS) is 1. The van der Waals surface area contributed by atoms with Crippen molar-refractivity contribution >= 4 is 5.97 Å². The van der Waals surface area contributed by atoms with Crippen LogP contribution in [0.5, 0.6) is 0 Å². The van der Waals surface area contributed by atoms with Crippen molar-refractivity contribution in [1.29, 1.82) is 0 Å². The molecule has 0 unspecified atom stereocenters. The average molecular weight is 275 g/mol. The third kappa shape index (κ3) is 3.24. The van der Waals surface area contributed by atoms with Crippen LogP contribution in [0.4, 0.5) is 0 Å². The molecule has 0 radical (unpaired) electrons. The predicted octanol–water partition coefficient (Wildman–Crippen LogP) is 3.01. The highest BCUT2D eigenvalue weighted by molar-refractivity contribution is 5.86. The van der Waals surface area contributed by atoms with Gasteiger partial charge >= 0.3 is 5.97 Å². The van der Waals surface area contributed by atoms with Gasteiger partial charge in [0.15, 0.2) is 11.5 Å². The first-order chi connectivity index (χ1) is 9.41. The summed E-state index contributed by atoms with van der Waals surface area (Å²) in [5.74, 6) is -0.656. The minimum atomic E-state index is -1.10. The second kappa shape index (κ2) is 5.46. The Morgan fingerprint density at radius 3 is 2.75 bits per heavy atom. The van der Waals surface area contributed by atoms with Gasteiger partial charge in [0, 0.05) is 25.2 Å². The molecule has 5 nitrogen and oxygen atoms in total. The summed E-state index contributed by atoms with van der Waals surface area (Å²) in [5.41, 5.74) is 1.53. The van der Waals surface area contributed by atoms with Gasteiger partial charge in [-0.25, -0.2) is 4.79 Å². The first-order valence-corrected chi connectivity index (χ1v) is 6.26. The number of nitrogens with zero attached hydrogens (tertiary/aromatic N) is 1. The first kappa shape index (κ1) is 14.3. The number of ether oxygens (including phenoxy) is 1. The Hall–Kier alpha value is -2.14. The Labute approximate surface area is 117 Å². The molecule has 5 heteroatoms. The van der Waals surface area contributed by atoms with E-state index in [1.165, 1.54) is 6.07 Å². The quantitative estimate of drug-likeness (QED) is 0.908. The lowest BCUT2D eigenvalue weighted by Crippen LogP contribution is -2.25. The van der Waals surface area contributed by atoms with Crippen molar-refractivity contribution in [2.75, 3.05) is 7.11 Å². The van der Waals surface area contributed by atoms with Gasteiger partial charge in [0.05, 0.1) is 5.60 Å². The van der Waals surface area contributed by atoms with E-state index in [4.69, 9.17) is 14.4 Å². The van der Waals surface area contributed by atoms with Gasteiger partial charge in [-0.3, -0.25) is 0 Å². The van der Waals surface area contributed by atoms with E-state index in [0.29, 0.717) is 5.76 Å². The van der Waals surface area contributed by atoms with E-state index in [0.717, 1.165) is 17.5 Å². The van der Waals surface area contributed by atoms with E-state index in [9.17, 15) is 4.79 Å². The second-order valence-corrected chi connectivity index (χ2v) is 5.22. The van der Waals surface area contributed by atoms with Gasteiger partial charge in [0.2, 0.25) is 0 Å². The van der Waals surface area contributed by atoms with Crippen LogP contribution in [-0.2, 0) is 11.2 Å². The molecule has 0 fully saturated rings. The van der Waals surface area contributed by atoms with Crippen LogP contribution < -0.4 is 0 Å². The van der Waals surface area contributed by atoms with E-state index >= 15 is 0 Å². The molecule has 1 heterocycles. The molecule has 0 aliphatic carbocycles. The van der Waals surface area contributed by atoms with Crippen molar-refractivity contribution in [2.24, 2.45) is 0 Å². The van der Waals surface area contributed by atoms with Gasteiger partial charge in [-0.2, -0.15) is 0 Å². The maximum atomic E-state index is 10.8. The number of aromatic nitrogens is 1. The topological polar surface area (TPSA) is 72.6 Å². The fourth-order valence-corrected chi connectivity index (χ4v) is 1.91. The number of carbonyl (C=O) groups is 1. The maximum absolute atomic E-state index is 10.8. The molecule has 0 amide bonds. The predicted molar refractivity (Wildman–Crippen MR) is 73.7 cm³/mol. The van der Waals surface area contributed by atoms with E-state index in [1.807, 2.05) is 38.1 Å². The zero-order chi connectivity index (χ0) is 14.8. The summed E-state index contributed by atoms with van der Waals surface area (Å²) in [6, 6.07) is 9.13. The molecule has 0 aliphatic rings. The van der Waals surface area contributed by atoms with Crippen LogP contribution in [0.3, 0.4) is 0 Å². The van der Waals surface area contributed by atoms with Gasteiger partial charge in [-0.15, -0.1) is 0 Å². The summed E-state index contributed by atoms with van der Waals surface area (Å²) in [4.78, 5) is 10.8. The molecule has 20 heavy (non-hydrogen) atoms. The standard InChI is InChI=1S/C15H17NO4/c1-15(2,19-3)9-10-5-4-6-11(7-10)13-8-12(14(17)18)16-20-13/h4-8H,9H2,1-3H3,(H,17,18). The highest BCUT2D eigenvalue weighted by Crippen LogP contribution is 2.24. The Morgan fingerprint density at radius 1 is 1.40 bits per heavy atom. The Balaban J connectivity index is 2.27. The van der Waals surface area contributed by atoms with Crippen LogP contribution in [0.1, 0.15) is 29.9 Å². The van der Waals surface area contributed by atoms with E-state index in [2.05, 4.69) is 5.16 Å². The van der Waals surface area contributed by atoms with Gasteiger partial charge < -0.3 is 14.4 Å². The van der Waals surface area contributed by atoms with E-state index < -0.39 is 5.97 Å². The van der Waals surface area contributed by atoms with Gasteiger partial charge in [0.1, 0.15) is 0 Å².